The van der Waals surface area contributed by atoms with Crippen LogP contribution in [0, 0.1) is 0 Å². The third-order valence-corrected chi connectivity index (χ3v) is 2.39. The van der Waals surface area contributed by atoms with Crippen molar-refractivity contribution >= 4 is 11.9 Å². The lowest BCUT2D eigenvalue weighted by molar-refractivity contribution is -0.148. The molecule has 0 spiro atoms. The number of esters is 1. The van der Waals surface area contributed by atoms with Crippen LogP contribution < -0.4 is 0 Å². The van der Waals surface area contributed by atoms with Crippen molar-refractivity contribution in [3.8, 4) is 0 Å². The van der Waals surface area contributed by atoms with E-state index in [-0.39, 0.29) is 24.8 Å². The summed E-state index contributed by atoms with van der Waals surface area (Å²) >= 11 is 0. The van der Waals surface area contributed by atoms with Crippen LogP contribution in [0.15, 0.2) is 12.4 Å². The van der Waals surface area contributed by atoms with E-state index < -0.39 is 0 Å². The Morgan fingerprint density at radius 2 is 2.17 bits per heavy atom. The van der Waals surface area contributed by atoms with Gasteiger partial charge in [0, 0.05) is 19.2 Å². The predicted molar refractivity (Wildman–Crippen MR) is 63.5 cm³/mol. The van der Waals surface area contributed by atoms with Gasteiger partial charge in [0.25, 0.3) is 0 Å². The maximum Gasteiger partial charge on any atom is 0.325 e. The van der Waals surface area contributed by atoms with E-state index in [2.05, 4.69) is 10.3 Å². The van der Waals surface area contributed by atoms with Crippen molar-refractivity contribution in [3.63, 3.8) is 0 Å². The van der Waals surface area contributed by atoms with Gasteiger partial charge in [-0.05, 0) is 13.8 Å². The highest BCUT2D eigenvalue weighted by molar-refractivity contribution is 5.81. The number of aromatic nitrogens is 3. The number of hydrogen-bond donors (Lipinski definition) is 0. The monoisotopic (exact) mass is 254 g/mol. The molecule has 0 radical (unpaired) electrons. The summed E-state index contributed by atoms with van der Waals surface area (Å²) in [5.74, 6) is -0.477. The molecule has 1 rings (SSSR count). The van der Waals surface area contributed by atoms with Crippen molar-refractivity contribution in [2.75, 3.05) is 19.7 Å². The molecule has 0 aliphatic rings. The summed E-state index contributed by atoms with van der Waals surface area (Å²) in [5, 5.41) is 7.42. The summed E-state index contributed by atoms with van der Waals surface area (Å²) in [5.41, 5.74) is 0. The van der Waals surface area contributed by atoms with Gasteiger partial charge in [-0.1, -0.05) is 5.21 Å². The first-order valence-corrected chi connectivity index (χ1v) is 5.94. The molecule has 0 unspecified atom stereocenters. The number of rotatable bonds is 7. The molecule has 1 aromatic rings. The van der Waals surface area contributed by atoms with E-state index in [0.29, 0.717) is 19.7 Å². The van der Waals surface area contributed by atoms with Crippen LogP contribution in [-0.4, -0.2) is 51.5 Å². The van der Waals surface area contributed by atoms with Gasteiger partial charge < -0.3 is 9.64 Å². The first-order chi connectivity index (χ1) is 8.67. The number of ether oxygens (including phenoxy) is 1. The molecular formula is C11H18N4O3. The van der Waals surface area contributed by atoms with E-state index in [1.165, 1.54) is 4.90 Å². The molecule has 0 atom stereocenters. The van der Waals surface area contributed by atoms with Gasteiger partial charge in [0.2, 0.25) is 5.91 Å². The highest BCUT2D eigenvalue weighted by Crippen LogP contribution is 1.98. The normalized spacial score (nSPS) is 10.1. The maximum atomic E-state index is 11.9. The largest absolute Gasteiger partial charge is 0.465 e. The Morgan fingerprint density at radius 3 is 2.72 bits per heavy atom. The zero-order valence-electron chi connectivity index (χ0n) is 10.7. The van der Waals surface area contributed by atoms with E-state index >= 15 is 0 Å². The van der Waals surface area contributed by atoms with Crippen LogP contribution in [0.4, 0.5) is 0 Å². The Bertz CT molecular complexity index is 378. The molecule has 100 valence electrons. The van der Waals surface area contributed by atoms with Gasteiger partial charge in [-0.25, -0.2) is 0 Å². The summed E-state index contributed by atoms with van der Waals surface area (Å²) < 4.78 is 6.39. The maximum absolute atomic E-state index is 11.9. The summed E-state index contributed by atoms with van der Waals surface area (Å²) in [6.45, 7) is 4.82. The van der Waals surface area contributed by atoms with Crippen molar-refractivity contribution in [1.82, 2.24) is 19.9 Å². The topological polar surface area (TPSA) is 77.3 Å². The van der Waals surface area contributed by atoms with Gasteiger partial charge in [0.05, 0.1) is 19.3 Å². The first kappa shape index (κ1) is 14.1. The fourth-order valence-corrected chi connectivity index (χ4v) is 1.46. The van der Waals surface area contributed by atoms with Crippen LogP contribution in [0.25, 0.3) is 0 Å². The van der Waals surface area contributed by atoms with Crippen LogP contribution in [0.5, 0.6) is 0 Å². The number of amides is 1. The number of likely N-dealkylation sites (N-methyl/N-ethyl adjacent to an activating group) is 1. The molecule has 0 N–H and O–H groups in total. The molecule has 1 aromatic heterocycles. The highest BCUT2D eigenvalue weighted by atomic mass is 16.5. The molecule has 1 heterocycles. The highest BCUT2D eigenvalue weighted by Gasteiger charge is 2.15. The van der Waals surface area contributed by atoms with Gasteiger partial charge in [-0.2, -0.15) is 0 Å². The van der Waals surface area contributed by atoms with Gasteiger partial charge in [-0.3, -0.25) is 14.3 Å². The zero-order valence-corrected chi connectivity index (χ0v) is 10.7. The average molecular weight is 254 g/mol. The standard InChI is InChI=1S/C11H18N4O3/c1-3-14(9-11(17)18-4-2)10(16)5-7-15-8-6-12-13-15/h6,8H,3-5,7,9H2,1-2H3. The molecule has 7 nitrogen and oxygen atoms in total. The summed E-state index contributed by atoms with van der Waals surface area (Å²) in [4.78, 5) is 24.6. The van der Waals surface area contributed by atoms with Gasteiger partial charge in [0.15, 0.2) is 0 Å². The molecule has 0 aromatic carbocycles. The van der Waals surface area contributed by atoms with Crippen molar-refractivity contribution in [3.05, 3.63) is 12.4 Å². The SMILES string of the molecule is CCOC(=O)CN(CC)C(=O)CCn1ccnn1. The van der Waals surface area contributed by atoms with E-state index in [1.54, 1.807) is 24.0 Å². The fraction of sp³-hybridized carbons (Fsp3) is 0.636. The summed E-state index contributed by atoms with van der Waals surface area (Å²) in [6, 6.07) is 0. The Hall–Kier alpha value is -1.92. The van der Waals surface area contributed by atoms with Crippen LogP contribution >= 0.6 is 0 Å². The van der Waals surface area contributed by atoms with E-state index in [0.717, 1.165) is 0 Å². The smallest absolute Gasteiger partial charge is 0.325 e. The van der Waals surface area contributed by atoms with Crippen molar-refractivity contribution in [2.24, 2.45) is 0 Å². The predicted octanol–water partition coefficient (Wildman–Crippen LogP) is 0.0798. The van der Waals surface area contributed by atoms with Gasteiger partial charge in [0.1, 0.15) is 6.54 Å². The number of nitrogens with zero attached hydrogens (tertiary/aromatic N) is 4. The molecule has 0 fully saturated rings. The number of aryl methyl sites for hydroxylation is 1. The minimum atomic E-state index is -0.381. The first-order valence-electron chi connectivity index (χ1n) is 5.94. The third-order valence-electron chi connectivity index (χ3n) is 2.39. The molecule has 0 saturated heterocycles. The van der Waals surface area contributed by atoms with Crippen LogP contribution in [0.2, 0.25) is 0 Å². The van der Waals surface area contributed by atoms with Gasteiger partial charge >= 0.3 is 5.97 Å². The summed E-state index contributed by atoms with van der Waals surface area (Å²) in [6.07, 6.45) is 3.53. The minimum Gasteiger partial charge on any atom is -0.465 e. The quantitative estimate of drug-likeness (QED) is 0.644. The van der Waals surface area contributed by atoms with E-state index in [1.807, 2.05) is 6.92 Å². The number of carbonyl (C=O) groups excluding carboxylic acids is 2. The lowest BCUT2D eigenvalue weighted by atomic mass is 10.3. The van der Waals surface area contributed by atoms with E-state index in [4.69, 9.17) is 4.74 Å². The van der Waals surface area contributed by atoms with E-state index in [9.17, 15) is 9.59 Å². The molecule has 0 aliphatic carbocycles. The second-order valence-corrected chi connectivity index (χ2v) is 3.63. The molecule has 0 bridgehead atoms. The molecular weight excluding hydrogens is 236 g/mol. The Balaban J connectivity index is 2.39. The lowest BCUT2D eigenvalue weighted by Gasteiger charge is -2.19. The second kappa shape index (κ2) is 7.41. The van der Waals surface area contributed by atoms with Gasteiger partial charge in [-0.15, -0.1) is 5.10 Å². The zero-order chi connectivity index (χ0) is 13.4. The fourth-order valence-electron chi connectivity index (χ4n) is 1.46. The van der Waals surface area contributed by atoms with Crippen LogP contribution in [0.1, 0.15) is 20.3 Å². The van der Waals surface area contributed by atoms with Crippen molar-refractivity contribution in [2.45, 2.75) is 26.8 Å². The molecule has 18 heavy (non-hydrogen) atoms. The molecule has 1 amide bonds. The molecule has 0 saturated carbocycles. The minimum absolute atomic E-state index is 0.000526. The molecule has 0 aliphatic heterocycles. The number of carbonyl (C=O) groups is 2. The lowest BCUT2D eigenvalue weighted by Crippen LogP contribution is -2.36. The Kier molecular flexibility index (Phi) is 5.83. The third kappa shape index (κ3) is 4.52. The van der Waals surface area contributed by atoms with Crippen LogP contribution in [-0.2, 0) is 20.9 Å². The van der Waals surface area contributed by atoms with Crippen molar-refractivity contribution < 1.29 is 14.3 Å². The number of hydrogen-bond acceptors (Lipinski definition) is 5. The van der Waals surface area contributed by atoms with Crippen molar-refractivity contribution in [1.29, 1.82) is 0 Å². The molecule has 7 heteroatoms. The average Bonchev–Trinajstić information content (AvgIpc) is 2.86. The summed E-state index contributed by atoms with van der Waals surface area (Å²) in [7, 11) is 0. The Morgan fingerprint density at radius 1 is 1.39 bits per heavy atom. The van der Waals surface area contributed by atoms with Crippen LogP contribution in [0.3, 0.4) is 0 Å². The second-order valence-electron chi connectivity index (χ2n) is 3.63. The Labute approximate surface area is 106 Å².